The summed E-state index contributed by atoms with van der Waals surface area (Å²) in [6.07, 6.45) is 4.20. The third-order valence-electron chi connectivity index (χ3n) is 4.63. The Kier molecular flexibility index (Phi) is 4.66. The number of rotatable bonds is 6. The summed E-state index contributed by atoms with van der Waals surface area (Å²) in [4.78, 5) is 16.3. The van der Waals surface area contributed by atoms with Gasteiger partial charge in [0.1, 0.15) is 17.5 Å². The van der Waals surface area contributed by atoms with Crippen LogP contribution in [0.1, 0.15) is 40.4 Å². The Morgan fingerprint density at radius 2 is 2.00 bits per heavy atom. The van der Waals surface area contributed by atoms with E-state index in [2.05, 4.69) is 4.98 Å². The Morgan fingerprint density at radius 1 is 1.26 bits per heavy atom. The van der Waals surface area contributed by atoms with Crippen LogP contribution in [0.5, 0.6) is 11.5 Å². The summed E-state index contributed by atoms with van der Waals surface area (Å²) in [5, 5.41) is 0.230. The van der Waals surface area contributed by atoms with Gasteiger partial charge < -0.3 is 14.2 Å². The number of esters is 1. The van der Waals surface area contributed by atoms with Gasteiger partial charge in [-0.15, -0.1) is 0 Å². The molecule has 0 aliphatic heterocycles. The molecule has 0 spiro atoms. The molecule has 0 bridgehead atoms. The van der Waals surface area contributed by atoms with Crippen LogP contribution in [0.25, 0.3) is 5.65 Å². The molecule has 0 saturated heterocycles. The zero-order chi connectivity index (χ0) is 19.0. The lowest BCUT2D eigenvalue weighted by molar-refractivity contribution is 0.0595. The van der Waals surface area contributed by atoms with Crippen LogP contribution in [-0.2, 0) is 11.3 Å². The summed E-state index contributed by atoms with van der Waals surface area (Å²) in [5.41, 5.74) is 2.71. The van der Waals surface area contributed by atoms with Crippen molar-refractivity contribution in [2.75, 3.05) is 14.2 Å². The van der Waals surface area contributed by atoms with Crippen LogP contribution >= 0.6 is 11.6 Å². The van der Waals surface area contributed by atoms with Gasteiger partial charge >= 0.3 is 5.97 Å². The van der Waals surface area contributed by atoms with Crippen molar-refractivity contribution in [1.29, 1.82) is 0 Å². The largest absolute Gasteiger partial charge is 0.497 e. The number of aromatic nitrogens is 2. The molecular weight excluding hydrogens is 368 g/mol. The molecule has 4 rings (SSSR count). The summed E-state index contributed by atoms with van der Waals surface area (Å²) in [6, 6.07) is 9.65. The maximum Gasteiger partial charge on any atom is 0.359 e. The van der Waals surface area contributed by atoms with Gasteiger partial charge in [0.2, 0.25) is 0 Å². The highest BCUT2D eigenvalue weighted by Gasteiger charge is 2.27. The van der Waals surface area contributed by atoms with Crippen LogP contribution < -0.4 is 9.47 Å². The highest BCUT2D eigenvalue weighted by molar-refractivity contribution is 6.32. The Morgan fingerprint density at radius 3 is 2.63 bits per heavy atom. The molecule has 0 amide bonds. The van der Waals surface area contributed by atoms with E-state index in [-0.39, 0.29) is 10.8 Å². The number of ether oxygens (including phenoxy) is 3. The number of methoxy groups -OCH3 is 2. The van der Waals surface area contributed by atoms with E-state index in [0.717, 1.165) is 29.7 Å². The smallest absolute Gasteiger partial charge is 0.359 e. The van der Waals surface area contributed by atoms with Gasteiger partial charge in [0.15, 0.2) is 17.1 Å². The van der Waals surface area contributed by atoms with Crippen LogP contribution in [0, 0.1) is 0 Å². The molecule has 1 fully saturated rings. The van der Waals surface area contributed by atoms with Gasteiger partial charge in [-0.2, -0.15) is 0 Å². The Labute approximate surface area is 161 Å². The van der Waals surface area contributed by atoms with E-state index in [1.54, 1.807) is 11.5 Å². The number of hydrogen-bond acceptors (Lipinski definition) is 5. The average Bonchev–Trinajstić information content (AvgIpc) is 3.50. The van der Waals surface area contributed by atoms with Gasteiger partial charge in [-0.25, -0.2) is 9.78 Å². The number of imidazole rings is 1. The highest BCUT2D eigenvalue weighted by atomic mass is 35.5. The van der Waals surface area contributed by atoms with Crippen molar-refractivity contribution in [3.8, 4) is 11.5 Å². The molecule has 1 aliphatic carbocycles. The lowest BCUT2D eigenvalue weighted by Gasteiger charge is -2.10. The molecule has 27 heavy (non-hydrogen) atoms. The van der Waals surface area contributed by atoms with Crippen molar-refractivity contribution < 1.29 is 19.0 Å². The van der Waals surface area contributed by atoms with Gasteiger partial charge in [-0.3, -0.25) is 4.40 Å². The Bertz CT molecular complexity index is 993. The van der Waals surface area contributed by atoms with E-state index >= 15 is 0 Å². The van der Waals surface area contributed by atoms with Crippen molar-refractivity contribution in [3.05, 3.63) is 58.5 Å². The van der Waals surface area contributed by atoms with Gasteiger partial charge in [-0.05, 0) is 48.1 Å². The molecule has 2 aromatic heterocycles. The summed E-state index contributed by atoms with van der Waals surface area (Å²) in [7, 11) is 2.94. The van der Waals surface area contributed by atoms with Gasteiger partial charge in [0.05, 0.1) is 14.2 Å². The minimum absolute atomic E-state index is 0.0846. The Balaban J connectivity index is 1.69. The van der Waals surface area contributed by atoms with E-state index in [0.29, 0.717) is 23.9 Å². The fourth-order valence-corrected chi connectivity index (χ4v) is 3.21. The fraction of sp³-hybridized carbons (Fsp3) is 0.300. The van der Waals surface area contributed by atoms with E-state index < -0.39 is 5.97 Å². The second kappa shape index (κ2) is 7.12. The quantitative estimate of drug-likeness (QED) is 0.593. The van der Waals surface area contributed by atoms with Crippen molar-refractivity contribution in [1.82, 2.24) is 9.38 Å². The van der Waals surface area contributed by atoms with Crippen LogP contribution in [-0.4, -0.2) is 29.6 Å². The molecule has 1 saturated carbocycles. The maximum atomic E-state index is 12.0. The summed E-state index contributed by atoms with van der Waals surface area (Å²) >= 11 is 6.38. The first-order chi connectivity index (χ1) is 13.1. The first-order valence-electron chi connectivity index (χ1n) is 8.66. The van der Waals surface area contributed by atoms with E-state index in [1.165, 1.54) is 7.11 Å². The van der Waals surface area contributed by atoms with E-state index in [9.17, 15) is 4.79 Å². The molecule has 140 valence electrons. The minimum Gasteiger partial charge on any atom is -0.497 e. The van der Waals surface area contributed by atoms with Crippen LogP contribution in [0.2, 0.25) is 5.15 Å². The first kappa shape index (κ1) is 17.7. The monoisotopic (exact) mass is 386 g/mol. The van der Waals surface area contributed by atoms with Gasteiger partial charge in [0.25, 0.3) is 0 Å². The van der Waals surface area contributed by atoms with Crippen molar-refractivity contribution >= 4 is 23.2 Å². The first-order valence-corrected chi connectivity index (χ1v) is 9.04. The molecule has 1 aliphatic rings. The average molecular weight is 387 g/mol. The summed E-state index contributed by atoms with van der Waals surface area (Å²) in [5.74, 6) is 1.31. The number of fused-ring (bicyclic) bond motifs is 1. The number of hydrogen-bond donors (Lipinski definition) is 0. The maximum absolute atomic E-state index is 12.0. The summed E-state index contributed by atoms with van der Waals surface area (Å²) < 4.78 is 17.7. The molecule has 3 aromatic rings. The molecule has 0 atom stereocenters. The number of nitrogens with zero attached hydrogens (tertiary/aromatic N) is 2. The molecule has 6 nitrogen and oxygen atoms in total. The van der Waals surface area contributed by atoms with Crippen LogP contribution in [0.15, 0.2) is 36.5 Å². The van der Waals surface area contributed by atoms with Crippen LogP contribution in [0.4, 0.5) is 0 Å². The number of pyridine rings is 1. The molecule has 0 radical (unpaired) electrons. The third-order valence-corrected chi connectivity index (χ3v) is 4.99. The van der Waals surface area contributed by atoms with Gasteiger partial charge in [-0.1, -0.05) is 23.7 Å². The van der Waals surface area contributed by atoms with Gasteiger partial charge in [0, 0.05) is 6.20 Å². The van der Waals surface area contributed by atoms with Crippen molar-refractivity contribution in [3.63, 3.8) is 0 Å². The predicted molar refractivity (Wildman–Crippen MR) is 101 cm³/mol. The zero-order valence-corrected chi connectivity index (χ0v) is 15.8. The lowest BCUT2D eigenvalue weighted by Crippen LogP contribution is -2.02. The molecule has 0 unspecified atom stereocenters. The fourth-order valence-electron chi connectivity index (χ4n) is 2.96. The minimum atomic E-state index is -0.572. The second-order valence-corrected chi connectivity index (χ2v) is 6.84. The SMILES string of the molecule is COC(=O)c1nc2c(OCc3ccc(OC)cc3)cc(C3CC3)cn2c1Cl. The molecule has 1 aromatic carbocycles. The van der Waals surface area contributed by atoms with E-state index in [4.69, 9.17) is 25.8 Å². The summed E-state index contributed by atoms with van der Waals surface area (Å²) in [6.45, 7) is 0.367. The molecule has 0 N–H and O–H groups in total. The third kappa shape index (κ3) is 3.45. The predicted octanol–water partition coefficient (Wildman–Crippen LogP) is 4.24. The molecular formula is C20H19ClN2O4. The highest BCUT2D eigenvalue weighted by Crippen LogP contribution is 2.42. The number of benzene rings is 1. The van der Waals surface area contributed by atoms with E-state index in [1.807, 2.05) is 36.5 Å². The normalized spacial score (nSPS) is 13.6. The molecule has 7 heteroatoms. The number of halogens is 1. The standard InChI is InChI=1S/C20H19ClN2O4/c1-25-15-7-3-12(4-8-15)11-27-16-9-14(13-5-6-13)10-23-18(21)17(20(24)26-2)22-19(16)23/h3-4,7-10,13H,5-6,11H2,1-2H3. The zero-order valence-electron chi connectivity index (χ0n) is 15.1. The lowest BCUT2D eigenvalue weighted by atomic mass is 10.2. The van der Waals surface area contributed by atoms with Crippen LogP contribution in [0.3, 0.4) is 0 Å². The second-order valence-electron chi connectivity index (χ2n) is 6.49. The molecule has 2 heterocycles. The number of carbonyl (C=O) groups is 1. The topological polar surface area (TPSA) is 62.1 Å². The van der Waals surface area contributed by atoms with Crippen molar-refractivity contribution in [2.45, 2.75) is 25.4 Å². The number of carbonyl (C=O) groups excluding carboxylic acids is 1. The Hall–Kier alpha value is -2.73. The van der Waals surface area contributed by atoms with Crippen molar-refractivity contribution in [2.24, 2.45) is 0 Å².